The molecule has 2 fully saturated rings. The summed E-state index contributed by atoms with van der Waals surface area (Å²) < 4.78 is 6.35. The molecule has 1 aromatic carbocycles. The molecule has 102 valence electrons. The van der Waals surface area contributed by atoms with Gasteiger partial charge in [0, 0.05) is 19.5 Å². The predicted octanol–water partition coefficient (Wildman–Crippen LogP) is 2.36. The van der Waals surface area contributed by atoms with Gasteiger partial charge in [0.15, 0.2) is 5.78 Å². The van der Waals surface area contributed by atoms with E-state index in [-0.39, 0.29) is 5.78 Å². The first-order valence-electron chi connectivity index (χ1n) is 7.02. The third-order valence-corrected chi connectivity index (χ3v) is 4.61. The Kier molecular flexibility index (Phi) is 2.99. The van der Waals surface area contributed by atoms with E-state index in [1.807, 2.05) is 25.1 Å². The summed E-state index contributed by atoms with van der Waals surface area (Å²) in [6.45, 7) is 3.93. The van der Waals surface area contributed by atoms with Gasteiger partial charge < -0.3 is 9.64 Å². The normalized spacial score (nSPS) is 30.9. The Hall–Kier alpha value is -1.19. The first-order chi connectivity index (χ1) is 9.04. The molecule has 0 amide bonds. The van der Waals surface area contributed by atoms with E-state index in [2.05, 4.69) is 24.1 Å². The molecule has 2 aliphatic heterocycles. The van der Waals surface area contributed by atoms with Crippen molar-refractivity contribution in [3.8, 4) is 0 Å². The number of piperidine rings is 1. The molecule has 2 heterocycles. The van der Waals surface area contributed by atoms with Gasteiger partial charge in [0.1, 0.15) is 5.60 Å². The minimum atomic E-state index is -0.531. The molecule has 1 spiro atoms. The summed E-state index contributed by atoms with van der Waals surface area (Å²) in [5.74, 6) is 0.284. The zero-order valence-corrected chi connectivity index (χ0v) is 11.7. The molecule has 0 N–H and O–H groups in total. The lowest BCUT2D eigenvalue weighted by Crippen LogP contribution is -2.47. The molecular weight excluding hydrogens is 238 g/mol. The minimum absolute atomic E-state index is 0.284. The Morgan fingerprint density at radius 2 is 1.79 bits per heavy atom. The van der Waals surface area contributed by atoms with Crippen molar-refractivity contribution in [2.75, 3.05) is 20.1 Å². The van der Waals surface area contributed by atoms with Gasteiger partial charge in [0.05, 0.1) is 5.60 Å². The summed E-state index contributed by atoms with van der Waals surface area (Å²) in [7, 11) is 2.10. The lowest BCUT2D eigenvalue weighted by molar-refractivity contribution is -0.149. The monoisotopic (exact) mass is 259 g/mol. The maximum Gasteiger partial charge on any atom is 0.167 e. The average molecular weight is 259 g/mol. The molecule has 19 heavy (non-hydrogen) atoms. The van der Waals surface area contributed by atoms with Gasteiger partial charge in [0.25, 0.3) is 0 Å². The lowest BCUT2D eigenvalue weighted by Gasteiger charge is -2.38. The van der Waals surface area contributed by atoms with Crippen LogP contribution < -0.4 is 0 Å². The lowest BCUT2D eigenvalue weighted by atomic mass is 9.86. The molecule has 2 aliphatic rings. The Labute approximate surface area is 114 Å². The van der Waals surface area contributed by atoms with Crippen LogP contribution in [0.3, 0.4) is 0 Å². The predicted molar refractivity (Wildman–Crippen MR) is 74.0 cm³/mol. The number of rotatable bonds is 1. The SMILES string of the molecule is CN1CCC2(CC1)OC(C)(c1ccccc1)CC2=O. The molecule has 0 saturated carbocycles. The van der Waals surface area contributed by atoms with Gasteiger partial charge in [-0.25, -0.2) is 0 Å². The van der Waals surface area contributed by atoms with Crippen molar-refractivity contribution in [1.29, 1.82) is 0 Å². The highest BCUT2D eigenvalue weighted by molar-refractivity contribution is 5.90. The number of Topliss-reactive ketones (excluding diaryl/α,β-unsaturated/α-hetero) is 1. The van der Waals surface area contributed by atoms with Gasteiger partial charge in [-0.3, -0.25) is 4.79 Å². The van der Waals surface area contributed by atoms with Crippen molar-refractivity contribution in [3.05, 3.63) is 35.9 Å². The summed E-state index contributed by atoms with van der Waals surface area (Å²) in [4.78, 5) is 14.8. The van der Waals surface area contributed by atoms with Crippen LogP contribution in [0.25, 0.3) is 0 Å². The van der Waals surface area contributed by atoms with Crippen LogP contribution in [-0.4, -0.2) is 36.4 Å². The van der Waals surface area contributed by atoms with Gasteiger partial charge in [-0.1, -0.05) is 30.3 Å². The molecule has 3 heteroatoms. The molecule has 3 rings (SSSR count). The second kappa shape index (κ2) is 4.43. The fourth-order valence-electron chi connectivity index (χ4n) is 3.30. The van der Waals surface area contributed by atoms with Crippen LogP contribution in [0, 0.1) is 0 Å². The van der Waals surface area contributed by atoms with E-state index in [1.54, 1.807) is 0 Å². The summed E-state index contributed by atoms with van der Waals surface area (Å²) in [6, 6.07) is 10.1. The zero-order chi connectivity index (χ0) is 13.5. The average Bonchev–Trinajstić information content (AvgIpc) is 2.67. The highest BCUT2D eigenvalue weighted by Gasteiger charge is 2.54. The first-order valence-corrected chi connectivity index (χ1v) is 7.02. The van der Waals surface area contributed by atoms with E-state index in [0.29, 0.717) is 6.42 Å². The summed E-state index contributed by atoms with van der Waals surface area (Å²) >= 11 is 0. The highest BCUT2D eigenvalue weighted by Crippen LogP contribution is 2.46. The number of carbonyl (C=O) groups is 1. The van der Waals surface area contributed by atoms with Gasteiger partial charge in [-0.2, -0.15) is 0 Å². The molecule has 3 nitrogen and oxygen atoms in total. The molecule has 1 atom stereocenters. The van der Waals surface area contributed by atoms with Crippen molar-refractivity contribution in [2.45, 2.75) is 37.4 Å². The maximum absolute atomic E-state index is 12.5. The number of ketones is 1. The van der Waals surface area contributed by atoms with Crippen molar-refractivity contribution >= 4 is 5.78 Å². The summed E-state index contributed by atoms with van der Waals surface area (Å²) in [5.41, 5.74) is 0.130. The topological polar surface area (TPSA) is 29.5 Å². The molecule has 0 bridgehead atoms. The second-order valence-electron chi connectivity index (χ2n) is 6.10. The Morgan fingerprint density at radius 3 is 2.42 bits per heavy atom. The fraction of sp³-hybridized carbons (Fsp3) is 0.562. The van der Waals surface area contributed by atoms with Crippen molar-refractivity contribution in [2.24, 2.45) is 0 Å². The summed E-state index contributed by atoms with van der Waals surface area (Å²) in [5, 5.41) is 0. The standard InChI is InChI=1S/C16H21NO2/c1-15(13-6-4-3-5-7-13)12-14(18)16(19-15)8-10-17(2)11-9-16/h3-7H,8-12H2,1-2H3. The number of likely N-dealkylation sites (tertiary alicyclic amines) is 1. The van der Waals surface area contributed by atoms with Crippen molar-refractivity contribution in [1.82, 2.24) is 4.90 Å². The van der Waals surface area contributed by atoms with Crippen molar-refractivity contribution in [3.63, 3.8) is 0 Å². The van der Waals surface area contributed by atoms with Gasteiger partial charge in [0.2, 0.25) is 0 Å². The summed E-state index contributed by atoms with van der Waals surface area (Å²) in [6.07, 6.45) is 2.15. The quantitative estimate of drug-likeness (QED) is 0.775. The molecule has 1 aromatic rings. The number of nitrogens with zero attached hydrogens (tertiary/aromatic N) is 1. The van der Waals surface area contributed by atoms with E-state index >= 15 is 0 Å². The maximum atomic E-state index is 12.5. The molecule has 2 saturated heterocycles. The second-order valence-corrected chi connectivity index (χ2v) is 6.10. The van der Waals surface area contributed by atoms with Crippen LogP contribution in [0.5, 0.6) is 0 Å². The van der Waals surface area contributed by atoms with Gasteiger partial charge in [-0.15, -0.1) is 0 Å². The van der Waals surface area contributed by atoms with Gasteiger partial charge >= 0.3 is 0 Å². The van der Waals surface area contributed by atoms with E-state index in [1.165, 1.54) is 0 Å². The van der Waals surface area contributed by atoms with Crippen LogP contribution >= 0.6 is 0 Å². The van der Waals surface area contributed by atoms with Crippen LogP contribution in [-0.2, 0) is 15.1 Å². The molecule has 0 aliphatic carbocycles. The first kappa shape index (κ1) is 12.8. The smallest absolute Gasteiger partial charge is 0.167 e. The van der Waals surface area contributed by atoms with E-state index < -0.39 is 11.2 Å². The number of hydrogen-bond acceptors (Lipinski definition) is 3. The van der Waals surface area contributed by atoms with E-state index in [0.717, 1.165) is 31.5 Å². The number of ether oxygens (including phenoxy) is 1. The third kappa shape index (κ3) is 2.11. The largest absolute Gasteiger partial charge is 0.356 e. The Morgan fingerprint density at radius 1 is 1.16 bits per heavy atom. The molecule has 1 unspecified atom stereocenters. The third-order valence-electron chi connectivity index (χ3n) is 4.61. The molecule has 0 radical (unpaired) electrons. The fourth-order valence-corrected chi connectivity index (χ4v) is 3.30. The van der Waals surface area contributed by atoms with E-state index in [9.17, 15) is 4.79 Å². The Balaban J connectivity index is 1.87. The highest BCUT2D eigenvalue weighted by atomic mass is 16.5. The number of benzene rings is 1. The number of carbonyl (C=O) groups excluding carboxylic acids is 1. The minimum Gasteiger partial charge on any atom is -0.356 e. The Bertz CT molecular complexity index is 477. The molecule has 0 aromatic heterocycles. The van der Waals surface area contributed by atoms with E-state index in [4.69, 9.17) is 4.74 Å². The number of hydrogen-bond donors (Lipinski definition) is 0. The molecular formula is C16H21NO2. The van der Waals surface area contributed by atoms with Crippen LogP contribution in [0.2, 0.25) is 0 Å². The van der Waals surface area contributed by atoms with Crippen molar-refractivity contribution < 1.29 is 9.53 Å². The zero-order valence-electron chi connectivity index (χ0n) is 11.7. The van der Waals surface area contributed by atoms with Crippen LogP contribution in [0.4, 0.5) is 0 Å². The van der Waals surface area contributed by atoms with Crippen LogP contribution in [0.1, 0.15) is 31.7 Å². The van der Waals surface area contributed by atoms with Crippen LogP contribution in [0.15, 0.2) is 30.3 Å². The van der Waals surface area contributed by atoms with Gasteiger partial charge in [-0.05, 0) is 32.4 Å².